The summed E-state index contributed by atoms with van der Waals surface area (Å²) in [5.41, 5.74) is 1.53. The van der Waals surface area contributed by atoms with Gasteiger partial charge >= 0.3 is 0 Å². The van der Waals surface area contributed by atoms with Crippen molar-refractivity contribution in [2.75, 3.05) is 0 Å². The lowest BCUT2D eigenvalue weighted by Crippen LogP contribution is -2.04. The maximum Gasteiger partial charge on any atom is 0.270 e. The molecule has 0 saturated heterocycles. The lowest BCUT2D eigenvalue weighted by Gasteiger charge is -2.09. The summed E-state index contributed by atoms with van der Waals surface area (Å²) in [6.07, 6.45) is 0. The van der Waals surface area contributed by atoms with Crippen molar-refractivity contribution in [3.63, 3.8) is 0 Å². The Kier molecular flexibility index (Phi) is 4.94. The van der Waals surface area contributed by atoms with Crippen molar-refractivity contribution in [3.05, 3.63) is 87.4 Å². The zero-order valence-electron chi connectivity index (χ0n) is 18.0. The number of carbonyl (C=O) groups excluding carboxylic acids is 1. The molecule has 0 aliphatic heterocycles. The normalized spacial score (nSPS) is 11.2. The van der Waals surface area contributed by atoms with E-state index in [1.165, 1.54) is 40.2 Å². The number of rotatable bonds is 5. The summed E-state index contributed by atoms with van der Waals surface area (Å²) >= 11 is 1.24. The quantitative estimate of drug-likeness (QED) is 0.194. The van der Waals surface area contributed by atoms with Crippen LogP contribution in [0.3, 0.4) is 0 Å². The van der Waals surface area contributed by atoms with Gasteiger partial charge in [0.05, 0.1) is 26.4 Å². The number of nitrogens with zero attached hydrogens (tertiary/aromatic N) is 3. The van der Waals surface area contributed by atoms with Crippen molar-refractivity contribution in [2.24, 2.45) is 0 Å². The van der Waals surface area contributed by atoms with Gasteiger partial charge in [0.15, 0.2) is 16.6 Å². The van der Waals surface area contributed by atoms with Crippen LogP contribution in [0.4, 0.5) is 5.69 Å². The first-order chi connectivity index (χ1) is 16.2. The number of benzene rings is 2. The van der Waals surface area contributed by atoms with E-state index in [2.05, 4.69) is 4.98 Å². The Morgan fingerprint density at radius 1 is 1.12 bits per heavy atom. The lowest BCUT2D eigenvalue weighted by atomic mass is 10.0. The lowest BCUT2D eigenvalue weighted by molar-refractivity contribution is -0.384. The molecule has 9 nitrogen and oxygen atoms in total. The third kappa shape index (κ3) is 3.41. The van der Waals surface area contributed by atoms with Crippen LogP contribution in [0.15, 0.2) is 59.0 Å². The molecule has 5 rings (SSSR count). The second-order valence-electron chi connectivity index (χ2n) is 7.75. The Hall–Kier alpha value is -4.44. The topological polar surface area (TPSA) is 132 Å². The molecule has 0 spiro atoms. The van der Waals surface area contributed by atoms with Crippen molar-refractivity contribution in [3.8, 4) is 28.0 Å². The predicted molar refractivity (Wildman–Crippen MR) is 126 cm³/mol. The first kappa shape index (κ1) is 21.4. The van der Waals surface area contributed by atoms with Crippen LogP contribution in [-0.4, -0.2) is 30.5 Å². The average molecular weight is 475 g/mol. The van der Waals surface area contributed by atoms with Crippen molar-refractivity contribution in [1.82, 2.24) is 9.55 Å². The summed E-state index contributed by atoms with van der Waals surface area (Å²) < 4.78 is 7.52. The number of nitro groups is 1. The summed E-state index contributed by atoms with van der Waals surface area (Å²) in [6, 6.07) is 14.3. The van der Waals surface area contributed by atoms with Gasteiger partial charge in [-0.15, -0.1) is 0 Å². The van der Waals surface area contributed by atoms with Gasteiger partial charge in [-0.2, -0.15) is 0 Å². The van der Waals surface area contributed by atoms with Crippen LogP contribution in [-0.2, 0) is 0 Å². The van der Waals surface area contributed by atoms with E-state index in [0.717, 1.165) is 10.3 Å². The van der Waals surface area contributed by atoms with Crippen LogP contribution < -0.4 is 0 Å². The minimum Gasteiger partial charge on any atom is -0.503 e. The highest BCUT2D eigenvalue weighted by Gasteiger charge is 2.32. The van der Waals surface area contributed by atoms with Crippen LogP contribution in [0.25, 0.3) is 26.6 Å². The number of fused-ring (bicyclic) bond motifs is 1. The van der Waals surface area contributed by atoms with Crippen molar-refractivity contribution < 1.29 is 24.3 Å². The highest BCUT2D eigenvalue weighted by molar-refractivity contribution is 7.20. The second-order valence-corrected chi connectivity index (χ2v) is 8.75. The first-order valence-electron chi connectivity index (χ1n) is 10.1. The molecule has 0 unspecified atom stereocenters. The van der Waals surface area contributed by atoms with Crippen LogP contribution >= 0.6 is 11.3 Å². The number of aromatic nitrogens is 2. The first-order valence-corrected chi connectivity index (χ1v) is 11.0. The molecule has 5 aromatic rings. The summed E-state index contributed by atoms with van der Waals surface area (Å²) in [5.74, 6) is -1.51. The second kappa shape index (κ2) is 7.85. The highest BCUT2D eigenvalue weighted by Crippen LogP contribution is 2.45. The molecule has 170 valence electrons. The van der Waals surface area contributed by atoms with Gasteiger partial charge in [0.1, 0.15) is 5.76 Å². The highest BCUT2D eigenvalue weighted by atomic mass is 32.1. The minimum absolute atomic E-state index is 0.0449. The molecule has 3 aromatic heterocycles. The Labute approximate surface area is 196 Å². The number of carbonyl (C=O) groups is 1. The number of furan rings is 1. The molecule has 2 aromatic carbocycles. The number of aryl methyl sites for hydroxylation is 2. The van der Waals surface area contributed by atoms with Crippen LogP contribution in [0.1, 0.15) is 27.4 Å². The number of hydrogen-bond donors (Lipinski definition) is 2. The van der Waals surface area contributed by atoms with E-state index in [1.54, 1.807) is 19.1 Å². The van der Waals surface area contributed by atoms with Gasteiger partial charge in [-0.1, -0.05) is 29.5 Å². The number of ketones is 1. The van der Waals surface area contributed by atoms with Crippen molar-refractivity contribution >= 4 is 33.0 Å². The number of nitro benzene ring substituents is 1. The molecule has 0 aliphatic carbocycles. The van der Waals surface area contributed by atoms with Gasteiger partial charge < -0.3 is 14.6 Å². The van der Waals surface area contributed by atoms with Gasteiger partial charge in [-0.3, -0.25) is 19.5 Å². The van der Waals surface area contributed by atoms with E-state index < -0.39 is 22.3 Å². The average Bonchev–Trinajstić information content (AvgIpc) is 3.49. The number of thiazole rings is 1. The fourth-order valence-corrected chi connectivity index (χ4v) is 4.86. The number of non-ortho nitro benzene ring substituents is 1. The smallest absolute Gasteiger partial charge is 0.270 e. The van der Waals surface area contributed by atoms with Crippen LogP contribution in [0.5, 0.6) is 11.6 Å². The van der Waals surface area contributed by atoms with Gasteiger partial charge in [0.25, 0.3) is 5.69 Å². The summed E-state index contributed by atoms with van der Waals surface area (Å²) in [5, 5.41) is 33.5. The summed E-state index contributed by atoms with van der Waals surface area (Å²) in [7, 11) is 0. The third-order valence-electron chi connectivity index (χ3n) is 5.37. The van der Waals surface area contributed by atoms with Crippen LogP contribution in [0, 0.1) is 24.0 Å². The predicted octanol–water partition coefficient (Wildman–Crippen LogP) is 5.51. The van der Waals surface area contributed by atoms with Crippen molar-refractivity contribution in [1.29, 1.82) is 0 Å². The Morgan fingerprint density at radius 2 is 1.91 bits per heavy atom. The molecule has 2 N–H and O–H groups in total. The Bertz CT molecular complexity index is 1610. The number of aromatic hydroxyl groups is 2. The van der Waals surface area contributed by atoms with E-state index >= 15 is 0 Å². The van der Waals surface area contributed by atoms with E-state index in [1.807, 2.05) is 25.1 Å². The fraction of sp³-hybridized carbons (Fsp3) is 0.0833. The molecule has 0 atom stereocenters. The molecule has 0 bridgehead atoms. The maximum atomic E-state index is 13.4. The fourth-order valence-electron chi connectivity index (χ4n) is 3.78. The van der Waals surface area contributed by atoms with Crippen molar-refractivity contribution in [2.45, 2.75) is 13.8 Å². The van der Waals surface area contributed by atoms with Gasteiger partial charge in [-0.05, 0) is 43.7 Å². The zero-order valence-corrected chi connectivity index (χ0v) is 18.8. The van der Waals surface area contributed by atoms with E-state index in [9.17, 15) is 25.1 Å². The van der Waals surface area contributed by atoms with E-state index in [-0.39, 0.29) is 33.4 Å². The molecule has 0 aliphatic rings. The molecule has 3 heterocycles. The molecule has 0 radical (unpaired) electrons. The van der Waals surface area contributed by atoms with Gasteiger partial charge in [0.2, 0.25) is 11.7 Å². The largest absolute Gasteiger partial charge is 0.503 e. The Balaban J connectivity index is 1.83. The maximum absolute atomic E-state index is 13.4. The van der Waals surface area contributed by atoms with E-state index in [4.69, 9.17) is 4.42 Å². The molecule has 0 saturated carbocycles. The van der Waals surface area contributed by atoms with Gasteiger partial charge in [0, 0.05) is 17.7 Å². The summed E-state index contributed by atoms with van der Waals surface area (Å²) in [6.45, 7) is 3.61. The summed E-state index contributed by atoms with van der Waals surface area (Å²) in [4.78, 5) is 28.8. The standard InChI is InChI=1S/C24H17N3O6S/c1-12-6-8-16-18(10-12)34-24(25-16)26-20(14-4-3-5-15(11-14)27(31)32)19(22(29)23(26)30)21(28)17-9-7-13(2)33-17/h3-11,29-30H,1-2H3. The van der Waals surface area contributed by atoms with Crippen LogP contribution in [0.2, 0.25) is 0 Å². The molecule has 0 amide bonds. The third-order valence-corrected chi connectivity index (χ3v) is 6.37. The molecule has 10 heteroatoms. The van der Waals surface area contributed by atoms with Gasteiger partial charge in [-0.25, -0.2) is 4.98 Å². The molecule has 0 fully saturated rings. The molecule has 34 heavy (non-hydrogen) atoms. The molecular formula is C24H17N3O6S. The zero-order chi connectivity index (χ0) is 24.1. The Morgan fingerprint density at radius 3 is 2.62 bits per heavy atom. The SMILES string of the molecule is Cc1ccc2nc(-n3c(O)c(O)c(C(=O)c4ccc(C)o4)c3-c3cccc([N+](=O)[O-])c3)sc2c1. The monoisotopic (exact) mass is 475 g/mol. The molecular weight excluding hydrogens is 458 g/mol. The van der Waals surface area contributed by atoms with E-state index in [0.29, 0.717) is 11.3 Å². The minimum atomic E-state index is -0.682. The number of hydrogen-bond acceptors (Lipinski definition) is 8.